The van der Waals surface area contributed by atoms with E-state index in [1.165, 1.54) is 0 Å². The Morgan fingerprint density at radius 2 is 1.48 bits per heavy atom. The van der Waals surface area contributed by atoms with Crippen LogP contribution in [-0.2, 0) is 22.6 Å². The van der Waals surface area contributed by atoms with Crippen LogP contribution in [0, 0.1) is 0 Å². The fourth-order valence-electron chi connectivity index (χ4n) is 4.74. The summed E-state index contributed by atoms with van der Waals surface area (Å²) in [6.45, 7) is 11.0. The van der Waals surface area contributed by atoms with Gasteiger partial charge in [0.25, 0.3) is 5.91 Å². The maximum absolute atomic E-state index is 13.2. The van der Waals surface area contributed by atoms with Crippen LogP contribution in [0.5, 0.6) is 0 Å². The lowest BCUT2D eigenvalue weighted by Gasteiger charge is -2.28. The highest BCUT2D eigenvalue weighted by Crippen LogP contribution is 2.23. The van der Waals surface area contributed by atoms with Crippen molar-refractivity contribution in [3.05, 3.63) is 95.6 Å². The third kappa shape index (κ3) is 10.7. The molecule has 0 bridgehead atoms. The summed E-state index contributed by atoms with van der Waals surface area (Å²) in [4.78, 5) is 42.8. The highest BCUT2D eigenvalue weighted by atomic mass is 16.6. The van der Waals surface area contributed by atoms with E-state index in [1.54, 1.807) is 57.2 Å². The van der Waals surface area contributed by atoms with Crippen LogP contribution in [0.2, 0.25) is 0 Å². The van der Waals surface area contributed by atoms with Gasteiger partial charge in [-0.2, -0.15) is 0 Å². The molecule has 0 spiro atoms. The zero-order valence-corrected chi connectivity index (χ0v) is 25.8. The maximum Gasteiger partial charge on any atom is 0.412 e. The van der Waals surface area contributed by atoms with E-state index in [0.29, 0.717) is 36.6 Å². The van der Waals surface area contributed by atoms with E-state index in [-0.39, 0.29) is 11.9 Å². The van der Waals surface area contributed by atoms with E-state index in [1.807, 2.05) is 47.4 Å². The Balaban J connectivity index is 1.37. The number of hydrogen-bond acceptors (Lipinski definition) is 6. The molecule has 3 aromatic carbocycles. The highest BCUT2D eigenvalue weighted by molar-refractivity contribution is 6.06. The minimum Gasteiger partial charge on any atom is -0.444 e. The zero-order valence-electron chi connectivity index (χ0n) is 25.8. The molecule has 1 aliphatic rings. The fraction of sp³-hybridized carbons (Fsp3) is 0.382. The molecule has 4 amide bonds. The topological polar surface area (TPSA) is 112 Å². The molecule has 0 aromatic heterocycles. The molecule has 10 heteroatoms. The van der Waals surface area contributed by atoms with E-state index in [9.17, 15) is 14.4 Å². The number of anilines is 2. The van der Waals surface area contributed by atoms with Gasteiger partial charge in [-0.15, -0.1) is 0 Å². The number of nitrogens with zero attached hydrogens (tertiary/aromatic N) is 2. The first kappa shape index (κ1) is 32.5. The fourth-order valence-corrected chi connectivity index (χ4v) is 4.74. The predicted molar refractivity (Wildman–Crippen MR) is 172 cm³/mol. The Bertz CT molecular complexity index is 1370. The second-order valence-corrected chi connectivity index (χ2v) is 11.7. The Hall–Kier alpha value is -4.41. The van der Waals surface area contributed by atoms with E-state index < -0.39 is 11.7 Å². The van der Waals surface area contributed by atoms with Crippen LogP contribution in [0.3, 0.4) is 0 Å². The summed E-state index contributed by atoms with van der Waals surface area (Å²) in [5, 5.41) is 8.61. The number of morpholine rings is 1. The summed E-state index contributed by atoms with van der Waals surface area (Å²) >= 11 is 0. The lowest BCUT2D eigenvalue weighted by atomic mass is 10.1. The predicted octanol–water partition coefficient (Wildman–Crippen LogP) is 5.72. The number of benzene rings is 3. The number of para-hydroxylation sites is 2. The summed E-state index contributed by atoms with van der Waals surface area (Å²) in [6, 6.07) is 23.8. The molecule has 1 fully saturated rings. The average Bonchev–Trinajstić information content (AvgIpc) is 3.01. The molecule has 0 radical (unpaired) electrons. The quantitative estimate of drug-likeness (QED) is 0.259. The molecule has 1 aliphatic heterocycles. The van der Waals surface area contributed by atoms with Gasteiger partial charge in [0.2, 0.25) is 0 Å². The number of ether oxygens (including phenoxy) is 2. The van der Waals surface area contributed by atoms with Gasteiger partial charge >= 0.3 is 12.1 Å². The van der Waals surface area contributed by atoms with Gasteiger partial charge in [-0.25, -0.2) is 9.59 Å². The van der Waals surface area contributed by atoms with Crippen molar-refractivity contribution in [1.29, 1.82) is 0 Å². The van der Waals surface area contributed by atoms with Gasteiger partial charge in [-0.1, -0.05) is 54.6 Å². The molecule has 3 N–H and O–H groups in total. The van der Waals surface area contributed by atoms with Crippen LogP contribution in [0.25, 0.3) is 0 Å². The molecule has 0 unspecified atom stereocenters. The lowest BCUT2D eigenvalue weighted by Crippen LogP contribution is -2.42. The third-order valence-corrected chi connectivity index (χ3v) is 6.98. The van der Waals surface area contributed by atoms with E-state index in [4.69, 9.17) is 9.47 Å². The summed E-state index contributed by atoms with van der Waals surface area (Å²) in [5.74, 6) is -0.321. The molecular formula is C34H43N5O5. The number of amides is 4. The summed E-state index contributed by atoms with van der Waals surface area (Å²) in [7, 11) is 0. The summed E-state index contributed by atoms with van der Waals surface area (Å²) in [6.07, 6.45) is 0.238. The minimum absolute atomic E-state index is 0.133. The van der Waals surface area contributed by atoms with Crippen molar-refractivity contribution in [3.8, 4) is 0 Å². The Kier molecular flexibility index (Phi) is 11.7. The largest absolute Gasteiger partial charge is 0.444 e. The van der Waals surface area contributed by atoms with Crippen LogP contribution in [0.15, 0.2) is 78.9 Å². The Morgan fingerprint density at radius 3 is 2.14 bits per heavy atom. The molecule has 10 nitrogen and oxygen atoms in total. The number of urea groups is 1. The smallest absolute Gasteiger partial charge is 0.412 e. The first-order chi connectivity index (χ1) is 21.2. The molecular weight excluding hydrogens is 558 g/mol. The van der Waals surface area contributed by atoms with Gasteiger partial charge in [0.15, 0.2) is 0 Å². The van der Waals surface area contributed by atoms with Crippen LogP contribution in [0.1, 0.15) is 48.7 Å². The second-order valence-electron chi connectivity index (χ2n) is 11.7. The van der Waals surface area contributed by atoms with E-state index in [0.717, 1.165) is 50.4 Å². The van der Waals surface area contributed by atoms with Gasteiger partial charge < -0.3 is 25.0 Å². The number of nitrogens with one attached hydrogen (secondary N) is 3. The molecule has 1 saturated heterocycles. The van der Waals surface area contributed by atoms with E-state index >= 15 is 0 Å². The van der Waals surface area contributed by atoms with Gasteiger partial charge in [0.1, 0.15) is 5.60 Å². The lowest BCUT2D eigenvalue weighted by molar-refractivity contribution is 0.0364. The summed E-state index contributed by atoms with van der Waals surface area (Å²) < 4.78 is 10.8. The van der Waals surface area contributed by atoms with Gasteiger partial charge in [-0.3, -0.25) is 15.0 Å². The first-order valence-electron chi connectivity index (χ1n) is 15.0. The Morgan fingerprint density at radius 1 is 0.841 bits per heavy atom. The standard InChI is InChI=1S/C34H43N5O5/c1-34(2,3)44-33(42)37-30-13-8-7-12-29(30)36-31(40)28-16-14-27(15-17-28)25-39(19-9-18-38-20-22-43-23-21-38)32(41)35-24-26-10-5-4-6-11-26/h4-8,10-17H,9,18-25H2,1-3H3,(H,35,41)(H,36,40)(H,37,42). The van der Waals surface area contributed by atoms with Crippen LogP contribution < -0.4 is 16.0 Å². The monoisotopic (exact) mass is 601 g/mol. The first-order valence-corrected chi connectivity index (χ1v) is 15.0. The normalized spacial score (nSPS) is 13.5. The highest BCUT2D eigenvalue weighted by Gasteiger charge is 2.19. The van der Waals surface area contributed by atoms with Crippen molar-refractivity contribution in [2.75, 3.05) is 50.0 Å². The van der Waals surface area contributed by atoms with Crippen LogP contribution in [0.4, 0.5) is 21.0 Å². The minimum atomic E-state index is -0.648. The van der Waals surface area contributed by atoms with Crippen molar-refractivity contribution < 1.29 is 23.9 Å². The summed E-state index contributed by atoms with van der Waals surface area (Å²) in [5.41, 5.74) is 2.63. The van der Waals surface area contributed by atoms with Crippen molar-refractivity contribution in [2.24, 2.45) is 0 Å². The molecule has 234 valence electrons. The van der Waals surface area contributed by atoms with Gasteiger partial charge in [-0.05, 0) is 62.6 Å². The maximum atomic E-state index is 13.2. The molecule has 44 heavy (non-hydrogen) atoms. The van der Waals surface area contributed by atoms with Gasteiger partial charge in [0, 0.05) is 44.8 Å². The Labute approximate surface area is 259 Å². The van der Waals surface area contributed by atoms with Crippen molar-refractivity contribution in [1.82, 2.24) is 15.1 Å². The van der Waals surface area contributed by atoms with Crippen LogP contribution in [-0.4, -0.2) is 72.8 Å². The number of carbonyl (C=O) groups is 3. The second kappa shape index (κ2) is 15.9. The molecule has 0 saturated carbocycles. The van der Waals surface area contributed by atoms with Crippen molar-refractivity contribution in [2.45, 2.75) is 45.9 Å². The zero-order chi connectivity index (χ0) is 31.4. The van der Waals surface area contributed by atoms with Crippen molar-refractivity contribution >= 4 is 29.4 Å². The molecule has 1 heterocycles. The van der Waals surface area contributed by atoms with Crippen molar-refractivity contribution in [3.63, 3.8) is 0 Å². The molecule has 0 aliphatic carbocycles. The number of rotatable bonds is 11. The SMILES string of the molecule is CC(C)(C)OC(=O)Nc1ccccc1NC(=O)c1ccc(CN(CCCN2CCOCC2)C(=O)NCc2ccccc2)cc1. The average molecular weight is 602 g/mol. The number of hydrogen-bond donors (Lipinski definition) is 3. The molecule has 3 aromatic rings. The third-order valence-electron chi connectivity index (χ3n) is 6.98. The van der Waals surface area contributed by atoms with Gasteiger partial charge in [0.05, 0.1) is 24.6 Å². The molecule has 0 atom stereocenters. The number of carbonyl (C=O) groups excluding carboxylic acids is 3. The molecule has 4 rings (SSSR count). The van der Waals surface area contributed by atoms with E-state index in [2.05, 4.69) is 20.9 Å². The van der Waals surface area contributed by atoms with Crippen LogP contribution >= 0.6 is 0 Å².